The first kappa shape index (κ1) is 11.2. The molecule has 1 saturated carbocycles. The van der Waals surface area contributed by atoms with Crippen LogP contribution in [0.5, 0.6) is 0 Å². The zero-order valence-corrected chi connectivity index (χ0v) is 11.0. The molecule has 3 nitrogen and oxygen atoms in total. The summed E-state index contributed by atoms with van der Waals surface area (Å²) >= 11 is 1.68. The molecule has 0 bridgehead atoms. The molecule has 2 N–H and O–H groups in total. The highest BCUT2D eigenvalue weighted by molar-refractivity contribution is 7.15. The number of fused-ring (bicyclic) bond motifs is 1. The first-order valence-electron chi connectivity index (χ1n) is 6.38. The van der Waals surface area contributed by atoms with Gasteiger partial charge in [0.15, 0.2) is 4.96 Å². The van der Waals surface area contributed by atoms with Crippen molar-refractivity contribution in [1.29, 1.82) is 0 Å². The fourth-order valence-corrected chi connectivity index (χ4v) is 3.72. The molecule has 2 atom stereocenters. The van der Waals surface area contributed by atoms with E-state index in [9.17, 15) is 0 Å². The Bertz CT molecular complexity index is 487. The summed E-state index contributed by atoms with van der Waals surface area (Å²) in [6, 6.07) is 0. The quantitative estimate of drug-likeness (QED) is 0.909. The molecule has 0 aromatic carbocycles. The minimum atomic E-state index is -0.00922. The van der Waals surface area contributed by atoms with Crippen molar-refractivity contribution in [3.63, 3.8) is 0 Å². The van der Waals surface area contributed by atoms with Gasteiger partial charge in [-0.25, -0.2) is 4.98 Å². The minimum Gasteiger partial charge on any atom is -0.325 e. The van der Waals surface area contributed by atoms with E-state index < -0.39 is 0 Å². The topological polar surface area (TPSA) is 43.3 Å². The zero-order valence-electron chi connectivity index (χ0n) is 10.2. The van der Waals surface area contributed by atoms with Crippen molar-refractivity contribution >= 4 is 16.3 Å². The van der Waals surface area contributed by atoms with Crippen molar-refractivity contribution in [1.82, 2.24) is 9.38 Å². The molecule has 0 radical (unpaired) electrons. The van der Waals surface area contributed by atoms with Gasteiger partial charge in [-0.15, -0.1) is 11.3 Å². The fraction of sp³-hybridized carbons (Fsp3) is 0.615. The normalized spacial score (nSPS) is 29.2. The second-order valence-corrected chi connectivity index (χ2v) is 6.25. The van der Waals surface area contributed by atoms with E-state index in [0.717, 1.165) is 35.8 Å². The van der Waals surface area contributed by atoms with Crippen molar-refractivity contribution in [2.75, 3.05) is 0 Å². The van der Waals surface area contributed by atoms with Crippen LogP contribution in [0.3, 0.4) is 0 Å². The summed E-state index contributed by atoms with van der Waals surface area (Å²) in [7, 11) is 0. The van der Waals surface area contributed by atoms with Crippen LogP contribution in [0.4, 0.5) is 0 Å². The Morgan fingerprint density at radius 1 is 1.65 bits per heavy atom. The third kappa shape index (κ3) is 2.11. The van der Waals surface area contributed by atoms with Crippen LogP contribution in [-0.4, -0.2) is 14.9 Å². The van der Waals surface area contributed by atoms with Gasteiger partial charge in [0.05, 0.1) is 5.69 Å². The molecule has 0 spiro atoms. The Labute approximate surface area is 106 Å². The van der Waals surface area contributed by atoms with Crippen LogP contribution in [0.15, 0.2) is 17.8 Å². The Morgan fingerprint density at radius 2 is 2.53 bits per heavy atom. The smallest absolute Gasteiger partial charge is 0.193 e. The molecule has 2 heterocycles. The van der Waals surface area contributed by atoms with E-state index >= 15 is 0 Å². The van der Waals surface area contributed by atoms with E-state index in [0.29, 0.717) is 0 Å². The zero-order chi connectivity index (χ0) is 11.9. The predicted octanol–water partition coefficient (Wildman–Crippen LogP) is 2.85. The summed E-state index contributed by atoms with van der Waals surface area (Å²) in [5.41, 5.74) is 7.64. The molecule has 0 amide bonds. The lowest BCUT2D eigenvalue weighted by atomic mass is 9.91. The van der Waals surface area contributed by atoms with Gasteiger partial charge in [-0.1, -0.05) is 13.3 Å². The standard InChI is InChI=1S/C13H19N3S/c1-2-10-3-4-13(14,7-10)8-11-9-16-5-6-17-12(16)15-11/h5-6,9-10H,2-4,7-8,14H2,1H3. The predicted molar refractivity (Wildman–Crippen MR) is 71.3 cm³/mol. The highest BCUT2D eigenvalue weighted by Gasteiger charge is 2.35. The molecule has 2 aromatic heterocycles. The monoisotopic (exact) mass is 249 g/mol. The summed E-state index contributed by atoms with van der Waals surface area (Å²) < 4.78 is 2.09. The number of hydrogen-bond donors (Lipinski definition) is 1. The molecule has 1 aliphatic rings. The lowest BCUT2D eigenvalue weighted by Crippen LogP contribution is -2.39. The van der Waals surface area contributed by atoms with Crippen LogP contribution in [0.1, 0.15) is 38.3 Å². The van der Waals surface area contributed by atoms with Gasteiger partial charge in [0.2, 0.25) is 0 Å². The second-order valence-electron chi connectivity index (χ2n) is 5.38. The van der Waals surface area contributed by atoms with Gasteiger partial charge >= 0.3 is 0 Å². The van der Waals surface area contributed by atoms with Gasteiger partial charge in [-0.05, 0) is 25.2 Å². The average molecular weight is 249 g/mol. The molecule has 0 saturated heterocycles. The fourth-order valence-electron chi connectivity index (χ4n) is 3.00. The summed E-state index contributed by atoms with van der Waals surface area (Å²) in [6.07, 6.45) is 9.97. The van der Waals surface area contributed by atoms with Gasteiger partial charge in [0.25, 0.3) is 0 Å². The molecule has 2 aromatic rings. The van der Waals surface area contributed by atoms with Gasteiger partial charge < -0.3 is 5.73 Å². The van der Waals surface area contributed by atoms with Crippen LogP contribution in [0.2, 0.25) is 0 Å². The molecule has 17 heavy (non-hydrogen) atoms. The van der Waals surface area contributed by atoms with Crippen LogP contribution in [-0.2, 0) is 6.42 Å². The van der Waals surface area contributed by atoms with Crippen LogP contribution in [0, 0.1) is 5.92 Å². The summed E-state index contributed by atoms with van der Waals surface area (Å²) in [6.45, 7) is 2.27. The number of nitrogens with two attached hydrogens (primary N) is 1. The molecule has 3 rings (SSSR count). The Balaban J connectivity index is 1.76. The number of aromatic nitrogens is 2. The number of thiazole rings is 1. The lowest BCUT2D eigenvalue weighted by molar-refractivity contribution is 0.404. The maximum atomic E-state index is 6.50. The molecule has 92 valence electrons. The SMILES string of the molecule is CCC1CCC(N)(Cc2cn3ccsc3n2)C1. The molecule has 1 aliphatic carbocycles. The molecule has 2 unspecified atom stereocenters. The van der Waals surface area contributed by atoms with E-state index in [-0.39, 0.29) is 5.54 Å². The van der Waals surface area contributed by atoms with E-state index in [1.165, 1.54) is 12.8 Å². The van der Waals surface area contributed by atoms with Gasteiger partial charge in [0, 0.05) is 29.7 Å². The van der Waals surface area contributed by atoms with Gasteiger partial charge in [0.1, 0.15) is 0 Å². The maximum absolute atomic E-state index is 6.50. The summed E-state index contributed by atoms with van der Waals surface area (Å²) in [4.78, 5) is 5.71. The third-order valence-electron chi connectivity index (χ3n) is 4.00. The third-order valence-corrected chi connectivity index (χ3v) is 4.77. The number of rotatable bonds is 3. The first-order chi connectivity index (χ1) is 8.18. The van der Waals surface area contributed by atoms with Gasteiger partial charge in [-0.2, -0.15) is 0 Å². The number of nitrogens with zero attached hydrogens (tertiary/aromatic N) is 2. The highest BCUT2D eigenvalue weighted by Crippen LogP contribution is 2.36. The highest BCUT2D eigenvalue weighted by atomic mass is 32.1. The summed E-state index contributed by atoms with van der Waals surface area (Å²) in [5, 5.41) is 2.06. The minimum absolute atomic E-state index is 0.00922. The number of hydrogen-bond acceptors (Lipinski definition) is 3. The first-order valence-corrected chi connectivity index (χ1v) is 7.26. The summed E-state index contributed by atoms with van der Waals surface area (Å²) in [5.74, 6) is 0.823. The lowest BCUT2D eigenvalue weighted by Gasteiger charge is -2.23. The van der Waals surface area contributed by atoms with Crippen molar-refractivity contribution in [3.05, 3.63) is 23.5 Å². The molecular formula is C13H19N3S. The maximum Gasteiger partial charge on any atom is 0.193 e. The molecule has 0 aliphatic heterocycles. The molecule has 1 fully saturated rings. The molecular weight excluding hydrogens is 230 g/mol. The van der Waals surface area contributed by atoms with E-state index in [1.54, 1.807) is 11.3 Å². The second kappa shape index (κ2) is 4.10. The van der Waals surface area contributed by atoms with E-state index in [4.69, 9.17) is 5.73 Å². The Kier molecular flexibility index (Phi) is 2.71. The van der Waals surface area contributed by atoms with E-state index in [1.807, 2.05) is 0 Å². The van der Waals surface area contributed by atoms with Crippen molar-refractivity contribution in [2.24, 2.45) is 11.7 Å². The van der Waals surface area contributed by atoms with Crippen molar-refractivity contribution in [3.8, 4) is 0 Å². The van der Waals surface area contributed by atoms with Gasteiger partial charge in [-0.3, -0.25) is 4.40 Å². The van der Waals surface area contributed by atoms with Crippen molar-refractivity contribution < 1.29 is 0 Å². The average Bonchev–Trinajstić information content (AvgIpc) is 2.92. The Hall–Kier alpha value is -0.870. The Morgan fingerprint density at radius 3 is 3.24 bits per heavy atom. The van der Waals surface area contributed by atoms with Crippen LogP contribution < -0.4 is 5.73 Å². The number of imidazole rings is 1. The largest absolute Gasteiger partial charge is 0.325 e. The molecule has 4 heteroatoms. The van der Waals surface area contributed by atoms with Crippen LogP contribution >= 0.6 is 11.3 Å². The van der Waals surface area contributed by atoms with Crippen molar-refractivity contribution in [2.45, 2.75) is 44.6 Å². The van der Waals surface area contributed by atoms with Crippen LogP contribution in [0.25, 0.3) is 4.96 Å². The van der Waals surface area contributed by atoms with E-state index in [2.05, 4.69) is 34.1 Å².